The molecule has 114 valence electrons. The molecule has 1 atom stereocenters. The van der Waals surface area contributed by atoms with Crippen LogP contribution in [-0.2, 0) is 20.9 Å². The van der Waals surface area contributed by atoms with Gasteiger partial charge in [0.2, 0.25) is 11.8 Å². The lowest BCUT2D eigenvalue weighted by Gasteiger charge is -2.11. The first-order valence-corrected chi connectivity index (χ1v) is 7.31. The summed E-state index contributed by atoms with van der Waals surface area (Å²) in [5, 5.41) is 5.77. The van der Waals surface area contributed by atoms with E-state index < -0.39 is 0 Å². The summed E-state index contributed by atoms with van der Waals surface area (Å²) in [7, 11) is 0. The molecule has 0 bridgehead atoms. The third-order valence-corrected chi connectivity index (χ3v) is 3.49. The van der Waals surface area contributed by atoms with Crippen molar-refractivity contribution in [3.8, 4) is 0 Å². The van der Waals surface area contributed by atoms with Crippen LogP contribution in [0.4, 0.5) is 5.69 Å². The summed E-state index contributed by atoms with van der Waals surface area (Å²) in [4.78, 5) is 23.6. The molecule has 1 unspecified atom stereocenters. The molecule has 21 heavy (non-hydrogen) atoms. The summed E-state index contributed by atoms with van der Waals surface area (Å²) in [6, 6.07) is 7.52. The number of amides is 2. The van der Waals surface area contributed by atoms with E-state index in [2.05, 4.69) is 10.6 Å². The van der Waals surface area contributed by atoms with Gasteiger partial charge in [0.25, 0.3) is 0 Å². The summed E-state index contributed by atoms with van der Waals surface area (Å²) in [5.41, 5.74) is 1.72. The highest BCUT2D eigenvalue weighted by atomic mass is 16.5. The molecule has 0 saturated carbocycles. The van der Waals surface area contributed by atoms with Crippen molar-refractivity contribution in [2.75, 3.05) is 18.5 Å². The molecule has 5 nitrogen and oxygen atoms in total. The normalized spacial score (nSPS) is 17.8. The van der Waals surface area contributed by atoms with Crippen LogP contribution < -0.4 is 10.6 Å². The second kappa shape index (κ2) is 7.22. The zero-order valence-electron chi connectivity index (χ0n) is 12.5. The lowest BCUT2D eigenvalue weighted by atomic mass is 10.1. The van der Waals surface area contributed by atoms with Crippen molar-refractivity contribution in [1.82, 2.24) is 5.32 Å². The van der Waals surface area contributed by atoms with E-state index in [4.69, 9.17) is 4.74 Å². The lowest BCUT2D eigenvalue weighted by Crippen LogP contribution is -2.30. The van der Waals surface area contributed by atoms with Crippen molar-refractivity contribution in [2.45, 2.75) is 26.8 Å². The average molecular weight is 290 g/mol. The van der Waals surface area contributed by atoms with Crippen molar-refractivity contribution in [3.63, 3.8) is 0 Å². The second-order valence-electron chi connectivity index (χ2n) is 5.62. The molecule has 0 radical (unpaired) electrons. The Hall–Kier alpha value is -1.88. The molecule has 1 aromatic rings. The largest absolute Gasteiger partial charge is 0.381 e. The van der Waals surface area contributed by atoms with Gasteiger partial charge < -0.3 is 15.4 Å². The number of nitrogens with one attached hydrogen (secondary N) is 2. The smallest absolute Gasteiger partial charge is 0.226 e. The van der Waals surface area contributed by atoms with Crippen LogP contribution in [0.5, 0.6) is 0 Å². The fourth-order valence-corrected chi connectivity index (χ4v) is 2.12. The van der Waals surface area contributed by atoms with E-state index in [1.54, 1.807) is 0 Å². The number of anilines is 1. The predicted molar refractivity (Wildman–Crippen MR) is 80.7 cm³/mol. The topological polar surface area (TPSA) is 67.4 Å². The standard InChI is InChI=1S/C16H22N2O3/c1-11(2)15(19)18-14-5-3-4-12(8-14)9-17-16(20)13-6-7-21-10-13/h3-5,8,11,13H,6-7,9-10H2,1-2H3,(H,17,20)(H,18,19). The van der Waals surface area contributed by atoms with E-state index in [9.17, 15) is 9.59 Å². The second-order valence-corrected chi connectivity index (χ2v) is 5.62. The van der Waals surface area contributed by atoms with Gasteiger partial charge in [-0.15, -0.1) is 0 Å². The molecule has 0 aromatic heterocycles. The maximum absolute atomic E-state index is 11.9. The molecule has 1 aromatic carbocycles. The van der Waals surface area contributed by atoms with Gasteiger partial charge in [0.15, 0.2) is 0 Å². The van der Waals surface area contributed by atoms with Crippen LogP contribution >= 0.6 is 0 Å². The predicted octanol–water partition coefficient (Wildman–Crippen LogP) is 1.93. The first kappa shape index (κ1) is 15.5. The Labute approximate surface area is 125 Å². The number of rotatable bonds is 5. The van der Waals surface area contributed by atoms with E-state index in [0.29, 0.717) is 19.8 Å². The fourth-order valence-electron chi connectivity index (χ4n) is 2.12. The van der Waals surface area contributed by atoms with Crippen molar-refractivity contribution in [2.24, 2.45) is 11.8 Å². The SMILES string of the molecule is CC(C)C(=O)Nc1cccc(CNC(=O)C2CCOC2)c1. The highest BCUT2D eigenvalue weighted by Crippen LogP contribution is 2.14. The monoisotopic (exact) mass is 290 g/mol. The van der Waals surface area contributed by atoms with Gasteiger partial charge in [0.05, 0.1) is 12.5 Å². The zero-order chi connectivity index (χ0) is 15.2. The van der Waals surface area contributed by atoms with Crippen LogP contribution in [0.1, 0.15) is 25.8 Å². The van der Waals surface area contributed by atoms with Crippen LogP contribution in [0.2, 0.25) is 0 Å². The van der Waals surface area contributed by atoms with E-state index >= 15 is 0 Å². The summed E-state index contributed by atoms with van der Waals surface area (Å²) >= 11 is 0. The Morgan fingerprint density at radius 2 is 2.19 bits per heavy atom. The number of hydrogen-bond donors (Lipinski definition) is 2. The van der Waals surface area contributed by atoms with Gasteiger partial charge in [0.1, 0.15) is 0 Å². The molecule has 1 fully saturated rings. The lowest BCUT2D eigenvalue weighted by molar-refractivity contribution is -0.125. The Balaban J connectivity index is 1.88. The number of hydrogen-bond acceptors (Lipinski definition) is 3. The van der Waals surface area contributed by atoms with Gasteiger partial charge in [-0.05, 0) is 24.1 Å². The molecule has 1 aliphatic rings. The Morgan fingerprint density at radius 3 is 2.86 bits per heavy atom. The van der Waals surface area contributed by atoms with Gasteiger partial charge >= 0.3 is 0 Å². The quantitative estimate of drug-likeness (QED) is 0.870. The average Bonchev–Trinajstić information content (AvgIpc) is 2.99. The molecular formula is C16H22N2O3. The Kier molecular flexibility index (Phi) is 5.33. The van der Waals surface area contributed by atoms with Crippen LogP contribution in [-0.4, -0.2) is 25.0 Å². The van der Waals surface area contributed by atoms with Gasteiger partial charge in [-0.3, -0.25) is 9.59 Å². The maximum Gasteiger partial charge on any atom is 0.226 e. The molecule has 1 saturated heterocycles. The summed E-state index contributed by atoms with van der Waals surface area (Å²) in [6.45, 7) is 5.33. The highest BCUT2D eigenvalue weighted by molar-refractivity contribution is 5.92. The molecule has 2 N–H and O–H groups in total. The number of benzene rings is 1. The first-order chi connectivity index (χ1) is 10.1. The summed E-state index contributed by atoms with van der Waals surface area (Å²) < 4.78 is 5.21. The van der Waals surface area contributed by atoms with E-state index in [1.165, 1.54) is 0 Å². The molecule has 2 amide bonds. The maximum atomic E-state index is 11.9. The van der Waals surface area contributed by atoms with Crippen LogP contribution in [0.25, 0.3) is 0 Å². The third-order valence-electron chi connectivity index (χ3n) is 3.49. The first-order valence-electron chi connectivity index (χ1n) is 7.31. The number of carbonyl (C=O) groups is 2. The zero-order valence-corrected chi connectivity index (χ0v) is 12.5. The minimum Gasteiger partial charge on any atom is -0.381 e. The molecule has 2 rings (SSSR count). The van der Waals surface area contributed by atoms with E-state index in [-0.39, 0.29) is 23.7 Å². The molecular weight excluding hydrogens is 268 g/mol. The minimum atomic E-state index is -0.0595. The van der Waals surface area contributed by atoms with Gasteiger partial charge in [-0.1, -0.05) is 26.0 Å². The van der Waals surface area contributed by atoms with Crippen molar-refractivity contribution in [1.29, 1.82) is 0 Å². The third kappa shape index (κ3) is 4.56. The Bertz CT molecular complexity index is 508. The molecule has 5 heteroatoms. The van der Waals surface area contributed by atoms with Gasteiger partial charge in [-0.2, -0.15) is 0 Å². The summed E-state index contributed by atoms with van der Waals surface area (Å²) in [5.74, 6) is -0.0760. The van der Waals surface area contributed by atoms with Crippen LogP contribution in [0.15, 0.2) is 24.3 Å². The molecule has 1 aliphatic heterocycles. The minimum absolute atomic E-state index is 0.0145. The van der Waals surface area contributed by atoms with Crippen LogP contribution in [0.3, 0.4) is 0 Å². The van der Waals surface area contributed by atoms with Crippen LogP contribution in [0, 0.1) is 11.8 Å². The Morgan fingerprint density at radius 1 is 1.38 bits per heavy atom. The van der Waals surface area contributed by atoms with E-state index in [1.807, 2.05) is 38.1 Å². The molecule has 1 heterocycles. The molecule has 0 aliphatic carbocycles. The number of ether oxygens (including phenoxy) is 1. The van der Waals surface area contributed by atoms with Crippen molar-refractivity contribution in [3.05, 3.63) is 29.8 Å². The van der Waals surface area contributed by atoms with Crippen molar-refractivity contribution < 1.29 is 14.3 Å². The summed E-state index contributed by atoms with van der Waals surface area (Å²) in [6.07, 6.45) is 0.788. The fraction of sp³-hybridized carbons (Fsp3) is 0.500. The highest BCUT2D eigenvalue weighted by Gasteiger charge is 2.22. The number of carbonyl (C=O) groups excluding carboxylic acids is 2. The van der Waals surface area contributed by atoms with Crippen molar-refractivity contribution >= 4 is 17.5 Å². The molecule has 0 spiro atoms. The van der Waals surface area contributed by atoms with E-state index in [0.717, 1.165) is 17.7 Å². The van der Waals surface area contributed by atoms with Gasteiger partial charge in [0, 0.05) is 24.8 Å². The van der Waals surface area contributed by atoms with Gasteiger partial charge in [-0.25, -0.2) is 0 Å².